The van der Waals surface area contributed by atoms with E-state index in [1.54, 1.807) is 6.20 Å². The monoisotopic (exact) mass is 598 g/mol. The Balaban J connectivity index is 1.42. The zero-order valence-corrected chi connectivity index (χ0v) is 23.6. The van der Waals surface area contributed by atoms with E-state index in [4.69, 9.17) is 16.7 Å². The van der Waals surface area contributed by atoms with Crippen molar-refractivity contribution in [1.82, 2.24) is 14.7 Å². The third-order valence-corrected chi connectivity index (χ3v) is 10.7. The Morgan fingerprint density at radius 2 is 1.93 bits per heavy atom. The number of aromatic nitrogens is 2. The van der Waals surface area contributed by atoms with E-state index >= 15 is 0 Å². The van der Waals surface area contributed by atoms with E-state index < -0.39 is 33.5 Å². The fourth-order valence-electron chi connectivity index (χ4n) is 4.76. The first-order chi connectivity index (χ1) is 19.2. The molecule has 208 valence electrons. The summed E-state index contributed by atoms with van der Waals surface area (Å²) < 4.78 is 29.9. The van der Waals surface area contributed by atoms with Crippen LogP contribution in [0.1, 0.15) is 60.4 Å². The molecule has 0 saturated heterocycles. The minimum Gasteiger partial charge on any atom is -0.465 e. The van der Waals surface area contributed by atoms with Gasteiger partial charge < -0.3 is 10.2 Å². The van der Waals surface area contributed by atoms with Crippen LogP contribution in [0.5, 0.6) is 0 Å². The number of rotatable bonds is 10. The lowest BCUT2D eigenvalue weighted by Gasteiger charge is -2.19. The number of pyridine rings is 2. The lowest BCUT2D eigenvalue weighted by molar-refractivity contribution is 0.160. The number of amides is 1. The van der Waals surface area contributed by atoms with Gasteiger partial charge in [-0.05, 0) is 66.5 Å². The van der Waals surface area contributed by atoms with Gasteiger partial charge in [-0.1, -0.05) is 42.6 Å². The van der Waals surface area contributed by atoms with E-state index in [9.17, 15) is 18.3 Å². The Morgan fingerprint density at radius 3 is 2.65 bits per heavy atom. The minimum absolute atomic E-state index is 0.0371. The molecule has 2 saturated carbocycles. The molecule has 3 heterocycles. The van der Waals surface area contributed by atoms with Gasteiger partial charge in [0.2, 0.25) is 10.0 Å². The summed E-state index contributed by atoms with van der Waals surface area (Å²) in [5.41, 5.74) is 2.59. The molecule has 2 unspecified atom stereocenters. The summed E-state index contributed by atoms with van der Waals surface area (Å²) in [6.07, 6.45) is 4.07. The maximum Gasteiger partial charge on any atom is 0.410 e. The molecule has 0 aliphatic heterocycles. The molecule has 40 heavy (non-hydrogen) atoms. The van der Waals surface area contributed by atoms with Crippen LogP contribution < -0.4 is 10.0 Å². The van der Waals surface area contributed by atoms with Gasteiger partial charge in [0.05, 0.1) is 33.8 Å². The van der Waals surface area contributed by atoms with E-state index in [2.05, 4.69) is 20.0 Å². The number of carboxylic acid groups (broad SMARTS) is 1. The predicted molar refractivity (Wildman–Crippen MR) is 155 cm³/mol. The SMILES string of the molecule is O=C(O)Nc1ccc(Cl)c(C(NS(=O)(=O)C2CC2)c2cc3cccc(-c4cc(C(O)CC5CC5)ccn4)c3s2)n1. The average Bonchev–Trinajstić information content (AvgIpc) is 3.86. The third-order valence-electron chi connectivity index (χ3n) is 7.17. The number of anilines is 1. The topological polar surface area (TPSA) is 142 Å². The number of aliphatic hydroxyl groups excluding tert-OH is 1. The highest BCUT2D eigenvalue weighted by molar-refractivity contribution is 7.90. The van der Waals surface area contributed by atoms with Crippen molar-refractivity contribution in [2.24, 2.45) is 5.92 Å². The van der Waals surface area contributed by atoms with Crippen LogP contribution in [0, 0.1) is 5.92 Å². The summed E-state index contributed by atoms with van der Waals surface area (Å²) >= 11 is 7.91. The first kappa shape index (κ1) is 27.1. The second-order valence-electron chi connectivity index (χ2n) is 10.3. The van der Waals surface area contributed by atoms with Crippen molar-refractivity contribution in [3.63, 3.8) is 0 Å². The van der Waals surface area contributed by atoms with Gasteiger partial charge in [-0.3, -0.25) is 10.3 Å². The van der Waals surface area contributed by atoms with Gasteiger partial charge in [0.1, 0.15) is 5.82 Å². The van der Waals surface area contributed by atoms with Gasteiger partial charge in [0.25, 0.3) is 0 Å². The number of aliphatic hydroxyl groups is 1. The standard InChI is InChI=1S/C28H27ClN4O5S2/c29-20-8-9-24(32-28(35)36)31-25(20)26(33-40(37,38)18-6-7-18)23-14-17-2-1-3-19(27(17)39-23)21-13-16(10-11-30-21)22(34)12-15-4-5-15/h1-3,8-11,13-15,18,22,26,33-34H,4-7,12H2,(H,31,32)(H,35,36). The summed E-state index contributed by atoms with van der Waals surface area (Å²) in [6.45, 7) is 0. The lowest BCUT2D eigenvalue weighted by Crippen LogP contribution is -2.32. The molecule has 1 amide bonds. The number of hydrogen-bond acceptors (Lipinski definition) is 7. The second kappa shape index (κ2) is 10.7. The maximum absolute atomic E-state index is 13.1. The van der Waals surface area contributed by atoms with Gasteiger partial charge in [0, 0.05) is 21.3 Å². The molecule has 2 fully saturated rings. The van der Waals surface area contributed by atoms with E-state index in [1.165, 1.54) is 23.5 Å². The first-order valence-corrected chi connectivity index (χ1v) is 15.8. The Bertz CT molecular complexity index is 1700. The van der Waals surface area contributed by atoms with Crippen LogP contribution in [0.15, 0.2) is 54.7 Å². The second-order valence-corrected chi connectivity index (χ2v) is 13.8. The van der Waals surface area contributed by atoms with Crippen molar-refractivity contribution in [3.05, 3.63) is 75.9 Å². The largest absolute Gasteiger partial charge is 0.465 e. The van der Waals surface area contributed by atoms with Gasteiger partial charge in [0.15, 0.2) is 0 Å². The highest BCUT2D eigenvalue weighted by Gasteiger charge is 2.39. The molecule has 0 bridgehead atoms. The Morgan fingerprint density at radius 1 is 1.12 bits per heavy atom. The number of benzene rings is 1. The summed E-state index contributed by atoms with van der Waals surface area (Å²) in [4.78, 5) is 20.8. The maximum atomic E-state index is 13.1. The molecule has 4 aromatic rings. The Labute approximate surface area is 240 Å². The van der Waals surface area contributed by atoms with Crippen molar-refractivity contribution in [2.75, 3.05) is 5.32 Å². The van der Waals surface area contributed by atoms with Crippen LogP contribution in [0.25, 0.3) is 21.3 Å². The molecule has 2 aliphatic rings. The van der Waals surface area contributed by atoms with E-state index in [0.29, 0.717) is 29.3 Å². The molecule has 2 atom stereocenters. The number of fused-ring (bicyclic) bond motifs is 1. The third kappa shape index (κ3) is 5.84. The van der Waals surface area contributed by atoms with Crippen LogP contribution in [0.4, 0.5) is 10.6 Å². The normalized spacial score (nSPS) is 17.1. The number of nitrogens with zero attached hydrogens (tertiary/aromatic N) is 2. The van der Waals surface area contributed by atoms with E-state index in [-0.39, 0.29) is 16.5 Å². The fraction of sp³-hybridized carbons (Fsp3) is 0.321. The van der Waals surface area contributed by atoms with E-state index in [1.807, 2.05) is 36.4 Å². The molecule has 12 heteroatoms. The molecule has 1 aromatic carbocycles. The number of nitrogens with one attached hydrogen (secondary N) is 2. The van der Waals surface area contributed by atoms with Crippen LogP contribution in [0.3, 0.4) is 0 Å². The number of hydrogen-bond donors (Lipinski definition) is 4. The van der Waals surface area contributed by atoms with Crippen molar-refractivity contribution >= 4 is 55.0 Å². The molecule has 4 N–H and O–H groups in total. The molecule has 2 aliphatic carbocycles. The van der Waals surface area contributed by atoms with E-state index in [0.717, 1.165) is 40.5 Å². The summed E-state index contributed by atoms with van der Waals surface area (Å²) in [5, 5.41) is 22.7. The Kier molecular flexibility index (Phi) is 7.26. The highest BCUT2D eigenvalue weighted by Crippen LogP contribution is 2.42. The molecule has 0 radical (unpaired) electrons. The van der Waals surface area contributed by atoms with Crippen LogP contribution in [0.2, 0.25) is 5.02 Å². The van der Waals surface area contributed by atoms with Gasteiger partial charge in [-0.15, -0.1) is 11.3 Å². The molecular weight excluding hydrogens is 572 g/mol. The predicted octanol–water partition coefficient (Wildman–Crippen LogP) is 6.11. The molecular formula is C28H27ClN4O5S2. The zero-order chi connectivity index (χ0) is 28.0. The fourth-order valence-corrected chi connectivity index (χ4v) is 7.80. The smallest absolute Gasteiger partial charge is 0.410 e. The van der Waals surface area contributed by atoms with Crippen molar-refractivity contribution in [2.45, 2.75) is 49.5 Å². The van der Waals surface area contributed by atoms with Crippen molar-refractivity contribution in [3.8, 4) is 11.3 Å². The van der Waals surface area contributed by atoms with Crippen LogP contribution in [-0.2, 0) is 10.0 Å². The number of carbonyl (C=O) groups is 1. The minimum atomic E-state index is -3.67. The van der Waals surface area contributed by atoms with Crippen molar-refractivity contribution < 1.29 is 23.4 Å². The van der Waals surface area contributed by atoms with Crippen LogP contribution >= 0.6 is 22.9 Å². The Hall–Kier alpha value is -3.09. The quantitative estimate of drug-likeness (QED) is 0.173. The number of thiophene rings is 1. The zero-order valence-electron chi connectivity index (χ0n) is 21.2. The highest BCUT2D eigenvalue weighted by atomic mass is 35.5. The number of halogens is 1. The summed E-state index contributed by atoms with van der Waals surface area (Å²) in [6, 6.07) is 13.4. The summed E-state index contributed by atoms with van der Waals surface area (Å²) in [7, 11) is -3.67. The lowest BCUT2D eigenvalue weighted by atomic mass is 10.0. The average molecular weight is 599 g/mol. The number of sulfonamides is 1. The summed E-state index contributed by atoms with van der Waals surface area (Å²) in [5.74, 6) is 0.617. The van der Waals surface area contributed by atoms with Crippen molar-refractivity contribution in [1.29, 1.82) is 0 Å². The molecule has 6 rings (SSSR count). The van der Waals surface area contributed by atoms with Gasteiger partial charge in [-0.25, -0.2) is 22.9 Å². The molecule has 3 aromatic heterocycles. The molecule has 9 nitrogen and oxygen atoms in total. The first-order valence-electron chi connectivity index (χ1n) is 13.0. The van der Waals surface area contributed by atoms with Gasteiger partial charge >= 0.3 is 6.09 Å². The van der Waals surface area contributed by atoms with Gasteiger partial charge in [-0.2, -0.15) is 0 Å². The van der Waals surface area contributed by atoms with Crippen LogP contribution in [-0.4, -0.2) is 39.9 Å². The molecule has 0 spiro atoms.